The van der Waals surface area contributed by atoms with E-state index < -0.39 is 5.97 Å². The van der Waals surface area contributed by atoms with Gasteiger partial charge < -0.3 is 5.11 Å². The van der Waals surface area contributed by atoms with E-state index in [1.54, 1.807) is 0 Å². The predicted molar refractivity (Wildman–Crippen MR) is 62.5 cm³/mol. The van der Waals surface area contributed by atoms with E-state index in [0.29, 0.717) is 12.3 Å². The molecule has 1 aromatic rings. The molecule has 0 unspecified atom stereocenters. The van der Waals surface area contributed by atoms with Crippen molar-refractivity contribution >= 4 is 5.97 Å². The third kappa shape index (κ3) is 3.08. The number of carboxylic acids is 1. The lowest BCUT2D eigenvalue weighted by Crippen LogP contribution is -2.08. The van der Waals surface area contributed by atoms with Crippen molar-refractivity contribution in [3.05, 3.63) is 17.0 Å². The van der Waals surface area contributed by atoms with Crippen LogP contribution in [0.5, 0.6) is 0 Å². The van der Waals surface area contributed by atoms with Gasteiger partial charge in [-0.2, -0.15) is 5.10 Å². The van der Waals surface area contributed by atoms with E-state index in [1.807, 2.05) is 18.5 Å². The quantitative estimate of drug-likeness (QED) is 0.834. The molecule has 0 atom stereocenters. The molecule has 1 N–H and O–H groups in total. The van der Waals surface area contributed by atoms with Crippen molar-refractivity contribution in [2.45, 2.75) is 47.1 Å². The van der Waals surface area contributed by atoms with Crippen molar-refractivity contribution in [1.29, 1.82) is 0 Å². The Hall–Kier alpha value is -1.32. The first kappa shape index (κ1) is 12.7. The molecule has 0 saturated heterocycles. The largest absolute Gasteiger partial charge is 0.481 e. The molecular formula is C12H20N2O2. The third-order valence-corrected chi connectivity index (χ3v) is 2.66. The molecule has 4 nitrogen and oxygen atoms in total. The molecule has 4 heteroatoms. The second-order valence-electron chi connectivity index (χ2n) is 4.62. The minimum atomic E-state index is -0.754. The molecule has 90 valence electrons. The highest BCUT2D eigenvalue weighted by molar-refractivity contribution is 5.67. The Bertz CT molecular complexity index is 381. The van der Waals surface area contributed by atoms with E-state index in [4.69, 9.17) is 5.11 Å². The molecule has 0 saturated carbocycles. The van der Waals surface area contributed by atoms with Crippen LogP contribution >= 0.6 is 0 Å². The SMILES string of the molecule is Cc1nn(CC(C)C)c(C)c1CCC(=O)O. The number of carboxylic acid groups (broad SMARTS) is 1. The van der Waals surface area contributed by atoms with E-state index >= 15 is 0 Å². The maximum atomic E-state index is 10.6. The summed E-state index contributed by atoms with van der Waals surface area (Å²) in [7, 11) is 0. The Labute approximate surface area is 96.3 Å². The highest BCUT2D eigenvalue weighted by Gasteiger charge is 2.13. The molecular weight excluding hydrogens is 204 g/mol. The number of carbonyl (C=O) groups is 1. The number of nitrogens with zero attached hydrogens (tertiary/aromatic N) is 2. The van der Waals surface area contributed by atoms with Crippen LogP contribution < -0.4 is 0 Å². The topological polar surface area (TPSA) is 55.1 Å². The zero-order valence-corrected chi connectivity index (χ0v) is 10.4. The fourth-order valence-electron chi connectivity index (χ4n) is 1.85. The Balaban J connectivity index is 2.84. The Morgan fingerprint density at radius 2 is 2.06 bits per heavy atom. The van der Waals surface area contributed by atoms with Crippen LogP contribution in [0.3, 0.4) is 0 Å². The average molecular weight is 224 g/mol. The zero-order chi connectivity index (χ0) is 12.3. The van der Waals surface area contributed by atoms with Crippen molar-refractivity contribution in [2.75, 3.05) is 0 Å². The van der Waals surface area contributed by atoms with Crippen molar-refractivity contribution in [3.63, 3.8) is 0 Å². The zero-order valence-electron chi connectivity index (χ0n) is 10.4. The number of aromatic nitrogens is 2. The highest BCUT2D eigenvalue weighted by Crippen LogP contribution is 2.16. The van der Waals surface area contributed by atoms with Crippen LogP contribution in [-0.2, 0) is 17.8 Å². The summed E-state index contributed by atoms with van der Waals surface area (Å²) in [6, 6.07) is 0. The molecule has 0 fully saturated rings. The van der Waals surface area contributed by atoms with Gasteiger partial charge in [0.25, 0.3) is 0 Å². The van der Waals surface area contributed by atoms with Gasteiger partial charge in [-0.05, 0) is 31.7 Å². The lowest BCUT2D eigenvalue weighted by Gasteiger charge is -2.07. The normalized spacial score (nSPS) is 11.1. The van der Waals surface area contributed by atoms with Gasteiger partial charge in [0.2, 0.25) is 0 Å². The van der Waals surface area contributed by atoms with Crippen LogP contribution in [-0.4, -0.2) is 20.9 Å². The Morgan fingerprint density at radius 3 is 2.56 bits per heavy atom. The number of rotatable bonds is 5. The lowest BCUT2D eigenvalue weighted by molar-refractivity contribution is -0.136. The minimum absolute atomic E-state index is 0.176. The summed E-state index contributed by atoms with van der Waals surface area (Å²) in [6.07, 6.45) is 0.750. The molecule has 1 rings (SSSR count). The standard InChI is InChI=1S/C12H20N2O2/c1-8(2)7-14-10(4)11(9(3)13-14)5-6-12(15)16/h8H,5-7H2,1-4H3,(H,15,16). The van der Waals surface area contributed by atoms with Gasteiger partial charge in [-0.25, -0.2) is 0 Å². The molecule has 0 aromatic carbocycles. The lowest BCUT2D eigenvalue weighted by atomic mass is 10.1. The molecule has 1 heterocycles. The second kappa shape index (κ2) is 5.14. The van der Waals surface area contributed by atoms with Crippen LogP contribution in [0.1, 0.15) is 37.2 Å². The summed E-state index contributed by atoms with van der Waals surface area (Å²) in [5.41, 5.74) is 3.15. The monoisotopic (exact) mass is 224 g/mol. The van der Waals surface area contributed by atoms with Crippen molar-refractivity contribution in [3.8, 4) is 0 Å². The summed E-state index contributed by atoms with van der Waals surface area (Å²) < 4.78 is 1.98. The van der Waals surface area contributed by atoms with Gasteiger partial charge in [0.05, 0.1) is 5.69 Å². The van der Waals surface area contributed by atoms with Gasteiger partial charge in [-0.3, -0.25) is 9.48 Å². The first-order chi connectivity index (χ1) is 7.41. The van der Waals surface area contributed by atoms with Crippen molar-refractivity contribution < 1.29 is 9.90 Å². The molecule has 0 spiro atoms. The number of aryl methyl sites for hydroxylation is 1. The van der Waals surface area contributed by atoms with Crippen molar-refractivity contribution in [2.24, 2.45) is 5.92 Å². The molecule has 0 aliphatic rings. The third-order valence-electron chi connectivity index (χ3n) is 2.66. The maximum Gasteiger partial charge on any atom is 0.303 e. The Morgan fingerprint density at radius 1 is 1.44 bits per heavy atom. The summed E-state index contributed by atoms with van der Waals surface area (Å²) >= 11 is 0. The Kier molecular flexibility index (Phi) is 4.10. The first-order valence-electron chi connectivity index (χ1n) is 5.66. The number of aliphatic carboxylic acids is 1. The molecule has 0 aliphatic heterocycles. The van der Waals surface area contributed by atoms with Gasteiger partial charge in [0, 0.05) is 18.7 Å². The van der Waals surface area contributed by atoms with Gasteiger partial charge in [0.15, 0.2) is 0 Å². The van der Waals surface area contributed by atoms with E-state index in [9.17, 15) is 4.79 Å². The summed E-state index contributed by atoms with van der Waals surface area (Å²) in [6.45, 7) is 9.14. The number of hydrogen-bond donors (Lipinski definition) is 1. The first-order valence-corrected chi connectivity index (χ1v) is 5.66. The smallest absolute Gasteiger partial charge is 0.303 e. The van der Waals surface area contributed by atoms with Crippen LogP contribution in [0.15, 0.2) is 0 Å². The van der Waals surface area contributed by atoms with E-state index in [1.165, 1.54) is 0 Å². The second-order valence-corrected chi connectivity index (χ2v) is 4.62. The van der Waals surface area contributed by atoms with Crippen LogP contribution in [0.25, 0.3) is 0 Å². The highest BCUT2D eigenvalue weighted by atomic mass is 16.4. The molecule has 0 radical (unpaired) electrons. The number of hydrogen-bond acceptors (Lipinski definition) is 2. The molecule has 1 aromatic heterocycles. The molecule has 0 amide bonds. The van der Waals surface area contributed by atoms with E-state index in [0.717, 1.165) is 23.5 Å². The molecule has 0 aliphatic carbocycles. The summed E-state index contributed by atoms with van der Waals surface area (Å²) in [5.74, 6) is -0.208. The van der Waals surface area contributed by atoms with Crippen molar-refractivity contribution in [1.82, 2.24) is 9.78 Å². The van der Waals surface area contributed by atoms with Gasteiger partial charge >= 0.3 is 5.97 Å². The van der Waals surface area contributed by atoms with Crippen LogP contribution in [0.2, 0.25) is 0 Å². The fraction of sp³-hybridized carbons (Fsp3) is 0.667. The van der Waals surface area contributed by atoms with Crippen LogP contribution in [0, 0.1) is 19.8 Å². The van der Waals surface area contributed by atoms with Gasteiger partial charge in [0.1, 0.15) is 0 Å². The predicted octanol–water partition coefficient (Wildman–Crippen LogP) is 2.17. The van der Waals surface area contributed by atoms with Gasteiger partial charge in [-0.1, -0.05) is 13.8 Å². The van der Waals surface area contributed by atoms with Gasteiger partial charge in [-0.15, -0.1) is 0 Å². The van der Waals surface area contributed by atoms with E-state index in [2.05, 4.69) is 18.9 Å². The van der Waals surface area contributed by atoms with Crippen LogP contribution in [0.4, 0.5) is 0 Å². The fourth-order valence-corrected chi connectivity index (χ4v) is 1.85. The van der Waals surface area contributed by atoms with E-state index in [-0.39, 0.29) is 6.42 Å². The molecule has 0 bridgehead atoms. The minimum Gasteiger partial charge on any atom is -0.481 e. The summed E-state index contributed by atoms with van der Waals surface area (Å²) in [4.78, 5) is 10.6. The average Bonchev–Trinajstić information content (AvgIpc) is 2.39. The maximum absolute atomic E-state index is 10.6. The molecule has 16 heavy (non-hydrogen) atoms. The summed E-state index contributed by atoms with van der Waals surface area (Å²) in [5, 5.41) is 13.1.